The topological polar surface area (TPSA) is 56.6 Å². The van der Waals surface area contributed by atoms with Gasteiger partial charge in [0.15, 0.2) is 17.6 Å². The van der Waals surface area contributed by atoms with E-state index in [2.05, 4.69) is 5.10 Å². The van der Waals surface area contributed by atoms with E-state index in [0.29, 0.717) is 13.2 Å². The van der Waals surface area contributed by atoms with Crippen molar-refractivity contribution < 1.29 is 14.3 Å². The number of para-hydroxylation sites is 2. The number of aromatic nitrogens is 2. The predicted octanol–water partition coefficient (Wildman–Crippen LogP) is 1.80. The summed E-state index contributed by atoms with van der Waals surface area (Å²) in [7, 11) is 1.78. The van der Waals surface area contributed by atoms with Gasteiger partial charge in [-0.1, -0.05) is 12.1 Å². The summed E-state index contributed by atoms with van der Waals surface area (Å²) >= 11 is 0. The second-order valence-corrected chi connectivity index (χ2v) is 5.86. The molecule has 1 aliphatic heterocycles. The zero-order chi connectivity index (χ0) is 16.4. The number of benzene rings is 1. The van der Waals surface area contributed by atoms with Gasteiger partial charge >= 0.3 is 0 Å². The molecule has 23 heavy (non-hydrogen) atoms. The molecule has 0 unspecified atom stereocenters. The first-order valence-corrected chi connectivity index (χ1v) is 7.66. The van der Waals surface area contributed by atoms with E-state index >= 15 is 0 Å². The Kier molecular flexibility index (Phi) is 4.23. The highest BCUT2D eigenvalue weighted by Gasteiger charge is 2.24. The summed E-state index contributed by atoms with van der Waals surface area (Å²) < 4.78 is 13.3. The van der Waals surface area contributed by atoms with Crippen molar-refractivity contribution in [2.75, 3.05) is 20.2 Å². The quantitative estimate of drug-likeness (QED) is 0.863. The molecule has 1 aromatic heterocycles. The van der Waals surface area contributed by atoms with Gasteiger partial charge in [0, 0.05) is 12.7 Å². The van der Waals surface area contributed by atoms with Crippen molar-refractivity contribution in [3.8, 4) is 11.5 Å². The van der Waals surface area contributed by atoms with Gasteiger partial charge in [0.2, 0.25) is 5.91 Å². The lowest BCUT2D eigenvalue weighted by Gasteiger charge is -2.29. The van der Waals surface area contributed by atoms with E-state index in [-0.39, 0.29) is 18.6 Å². The van der Waals surface area contributed by atoms with Gasteiger partial charge in [0.1, 0.15) is 13.2 Å². The number of carbonyl (C=O) groups excluding carboxylic acids is 1. The molecule has 2 heterocycles. The Morgan fingerprint density at radius 1 is 1.35 bits per heavy atom. The van der Waals surface area contributed by atoms with E-state index in [9.17, 15) is 4.79 Å². The molecule has 2 aromatic rings. The number of rotatable bonds is 4. The Morgan fingerprint density at radius 2 is 2.09 bits per heavy atom. The normalized spacial score (nSPS) is 16.2. The number of carbonyl (C=O) groups is 1. The minimum absolute atomic E-state index is 0.00124. The number of amides is 1. The van der Waals surface area contributed by atoms with Crippen LogP contribution in [0.4, 0.5) is 0 Å². The number of likely N-dealkylation sites (N-methyl/N-ethyl adjacent to an activating group) is 1. The maximum Gasteiger partial charge on any atom is 0.244 e. The van der Waals surface area contributed by atoms with Crippen molar-refractivity contribution in [1.82, 2.24) is 14.7 Å². The minimum atomic E-state index is -0.167. The lowest BCUT2D eigenvalue weighted by molar-refractivity contribution is -0.132. The highest BCUT2D eigenvalue weighted by molar-refractivity contribution is 5.75. The van der Waals surface area contributed by atoms with Crippen molar-refractivity contribution in [1.29, 1.82) is 0 Å². The summed E-state index contributed by atoms with van der Waals surface area (Å²) in [6.45, 7) is 5.02. The number of aryl methyl sites for hydroxylation is 2. The lowest BCUT2D eigenvalue weighted by atomic mass is 10.2. The van der Waals surface area contributed by atoms with E-state index in [1.807, 2.05) is 44.2 Å². The average Bonchev–Trinajstić information content (AvgIpc) is 2.84. The van der Waals surface area contributed by atoms with Gasteiger partial charge in [-0.25, -0.2) is 0 Å². The smallest absolute Gasteiger partial charge is 0.244 e. The number of nitrogens with zero attached hydrogens (tertiary/aromatic N) is 3. The molecule has 122 valence electrons. The van der Waals surface area contributed by atoms with Crippen LogP contribution in [0.1, 0.15) is 11.4 Å². The van der Waals surface area contributed by atoms with Crippen LogP contribution in [0.15, 0.2) is 30.3 Å². The number of ether oxygens (including phenoxy) is 2. The third-order valence-corrected chi connectivity index (χ3v) is 3.86. The summed E-state index contributed by atoms with van der Waals surface area (Å²) in [6, 6.07) is 9.53. The fraction of sp³-hybridized carbons (Fsp3) is 0.412. The van der Waals surface area contributed by atoms with Crippen LogP contribution in [-0.4, -0.2) is 46.9 Å². The van der Waals surface area contributed by atoms with Crippen molar-refractivity contribution >= 4 is 5.91 Å². The van der Waals surface area contributed by atoms with Gasteiger partial charge in [-0.05, 0) is 32.0 Å². The summed E-state index contributed by atoms with van der Waals surface area (Å²) in [5.41, 5.74) is 1.90. The van der Waals surface area contributed by atoms with Crippen LogP contribution in [0.3, 0.4) is 0 Å². The number of hydrogen-bond acceptors (Lipinski definition) is 4. The molecule has 1 amide bonds. The third-order valence-electron chi connectivity index (χ3n) is 3.86. The van der Waals surface area contributed by atoms with E-state index in [1.165, 1.54) is 0 Å². The molecule has 0 N–H and O–H groups in total. The molecular formula is C17H21N3O3. The Hall–Kier alpha value is -2.50. The first kappa shape index (κ1) is 15.4. The standard InChI is InChI=1S/C17H21N3O3/c1-12-8-13(2)20(18-12)10-17(21)19(3)9-14-11-22-15-6-4-5-7-16(15)23-14/h4-8,14H,9-11H2,1-3H3/t14-/m0/s1. The maximum absolute atomic E-state index is 12.4. The molecule has 1 atom stereocenters. The molecule has 0 bridgehead atoms. The second-order valence-electron chi connectivity index (χ2n) is 5.86. The predicted molar refractivity (Wildman–Crippen MR) is 85.7 cm³/mol. The van der Waals surface area contributed by atoms with Crippen LogP contribution in [-0.2, 0) is 11.3 Å². The van der Waals surface area contributed by atoms with Crippen LogP contribution in [0.25, 0.3) is 0 Å². The van der Waals surface area contributed by atoms with Gasteiger partial charge in [-0.2, -0.15) is 5.10 Å². The SMILES string of the molecule is Cc1cc(C)n(CC(=O)N(C)C[C@H]2COc3ccccc3O2)n1. The molecular weight excluding hydrogens is 294 g/mol. The van der Waals surface area contributed by atoms with Gasteiger partial charge in [-0.15, -0.1) is 0 Å². The number of hydrogen-bond donors (Lipinski definition) is 0. The fourth-order valence-electron chi connectivity index (χ4n) is 2.64. The highest BCUT2D eigenvalue weighted by Crippen LogP contribution is 2.30. The molecule has 0 fully saturated rings. The first-order valence-electron chi connectivity index (χ1n) is 7.66. The van der Waals surface area contributed by atoms with E-state index < -0.39 is 0 Å². The number of fused-ring (bicyclic) bond motifs is 1. The Labute approximate surface area is 135 Å². The van der Waals surface area contributed by atoms with Crippen LogP contribution in [0.2, 0.25) is 0 Å². The van der Waals surface area contributed by atoms with Crippen LogP contribution in [0.5, 0.6) is 11.5 Å². The average molecular weight is 315 g/mol. The van der Waals surface area contributed by atoms with Gasteiger partial charge in [-0.3, -0.25) is 9.48 Å². The monoisotopic (exact) mass is 315 g/mol. The van der Waals surface area contributed by atoms with E-state index in [1.54, 1.807) is 16.6 Å². The molecule has 0 radical (unpaired) electrons. The molecule has 0 saturated carbocycles. The van der Waals surface area contributed by atoms with Crippen LogP contribution < -0.4 is 9.47 Å². The Morgan fingerprint density at radius 3 is 2.78 bits per heavy atom. The van der Waals surface area contributed by atoms with Crippen molar-refractivity contribution in [2.24, 2.45) is 0 Å². The Bertz CT molecular complexity index is 711. The highest BCUT2D eigenvalue weighted by atomic mass is 16.6. The summed E-state index contributed by atoms with van der Waals surface area (Å²) in [6.07, 6.45) is -0.167. The molecule has 1 aliphatic rings. The summed E-state index contributed by atoms with van der Waals surface area (Å²) in [5.74, 6) is 1.47. The van der Waals surface area contributed by atoms with Crippen LogP contribution >= 0.6 is 0 Å². The maximum atomic E-state index is 12.4. The molecule has 0 saturated heterocycles. The lowest BCUT2D eigenvalue weighted by Crippen LogP contribution is -2.42. The molecule has 0 spiro atoms. The molecule has 6 nitrogen and oxygen atoms in total. The summed E-state index contributed by atoms with van der Waals surface area (Å²) in [4.78, 5) is 14.0. The largest absolute Gasteiger partial charge is 0.486 e. The molecule has 3 rings (SSSR count). The van der Waals surface area contributed by atoms with Crippen LogP contribution in [0, 0.1) is 13.8 Å². The van der Waals surface area contributed by atoms with Crippen molar-refractivity contribution in [3.63, 3.8) is 0 Å². The minimum Gasteiger partial charge on any atom is -0.486 e. The first-order chi connectivity index (χ1) is 11.0. The van der Waals surface area contributed by atoms with Gasteiger partial charge in [0.05, 0.1) is 12.2 Å². The molecule has 6 heteroatoms. The molecule has 1 aromatic carbocycles. The Balaban J connectivity index is 1.58. The molecule has 0 aliphatic carbocycles. The van der Waals surface area contributed by atoms with Gasteiger partial charge in [0.25, 0.3) is 0 Å². The zero-order valence-corrected chi connectivity index (χ0v) is 13.7. The van der Waals surface area contributed by atoms with Gasteiger partial charge < -0.3 is 14.4 Å². The van der Waals surface area contributed by atoms with Crippen molar-refractivity contribution in [3.05, 3.63) is 41.7 Å². The fourth-order valence-corrected chi connectivity index (χ4v) is 2.64. The van der Waals surface area contributed by atoms with Crippen molar-refractivity contribution in [2.45, 2.75) is 26.5 Å². The third kappa shape index (κ3) is 3.47. The second kappa shape index (κ2) is 6.32. The van der Waals surface area contributed by atoms with E-state index in [4.69, 9.17) is 9.47 Å². The summed E-state index contributed by atoms with van der Waals surface area (Å²) in [5, 5.41) is 4.32. The zero-order valence-electron chi connectivity index (χ0n) is 13.7. The van der Waals surface area contributed by atoms with E-state index in [0.717, 1.165) is 22.9 Å².